The zero-order valence-electron chi connectivity index (χ0n) is 24.0. The molecule has 0 aliphatic carbocycles. The summed E-state index contributed by atoms with van der Waals surface area (Å²) in [5.41, 5.74) is 0. The number of carbonyl (C=O) groups is 2. The van der Waals surface area contributed by atoms with Crippen LogP contribution in [-0.4, -0.2) is 11.8 Å². The Bertz CT molecular complexity index is 436. The van der Waals surface area contributed by atoms with Crippen LogP contribution >= 0.6 is 22.0 Å². The average molecular weight is 545 g/mol. The van der Waals surface area contributed by atoms with Crippen molar-refractivity contribution in [2.45, 2.75) is 181 Å². The first kappa shape index (κ1) is 35.6. The summed E-state index contributed by atoms with van der Waals surface area (Å²) in [6.45, 7) is 4.53. The molecule has 0 aromatic heterocycles. The van der Waals surface area contributed by atoms with E-state index in [4.69, 9.17) is 0 Å². The molecule has 0 atom stereocenters. The van der Waals surface area contributed by atoms with E-state index < -0.39 is 0 Å². The summed E-state index contributed by atoms with van der Waals surface area (Å²) in [4.78, 5) is 23.8. The summed E-state index contributed by atoms with van der Waals surface area (Å²) in [5.74, 6) is 0.129. The van der Waals surface area contributed by atoms with E-state index in [9.17, 15) is 9.59 Å². The van der Waals surface area contributed by atoms with Gasteiger partial charge in [0.05, 0.1) is 0 Å². The Hall–Kier alpha value is -0.360. The number of hydrogen-bond donors (Lipinski definition) is 2. The lowest BCUT2D eigenvalue weighted by atomic mass is 10.0. The third kappa shape index (κ3) is 29.9. The molecule has 0 unspecified atom stereocenters. The summed E-state index contributed by atoms with van der Waals surface area (Å²) in [6, 6.07) is 0. The molecular formula is C30H60N2O2S2. The molecular weight excluding hydrogens is 484 g/mol. The van der Waals surface area contributed by atoms with Gasteiger partial charge in [0.15, 0.2) is 0 Å². The normalized spacial score (nSPS) is 11.1. The van der Waals surface area contributed by atoms with E-state index in [1.165, 1.54) is 150 Å². The van der Waals surface area contributed by atoms with Crippen LogP contribution < -0.4 is 9.44 Å². The van der Waals surface area contributed by atoms with Crippen LogP contribution in [0.2, 0.25) is 0 Å². The lowest BCUT2D eigenvalue weighted by Crippen LogP contribution is -2.18. The molecule has 2 N–H and O–H groups in total. The lowest BCUT2D eigenvalue weighted by molar-refractivity contribution is -0.120. The molecule has 0 spiro atoms. The van der Waals surface area contributed by atoms with E-state index in [2.05, 4.69) is 23.3 Å². The van der Waals surface area contributed by atoms with Crippen molar-refractivity contribution in [2.24, 2.45) is 0 Å². The van der Waals surface area contributed by atoms with Crippen LogP contribution in [0.4, 0.5) is 0 Å². The van der Waals surface area contributed by atoms with Gasteiger partial charge < -0.3 is 0 Å². The van der Waals surface area contributed by atoms with Crippen molar-refractivity contribution in [1.29, 1.82) is 0 Å². The van der Waals surface area contributed by atoms with E-state index in [1.54, 1.807) is 0 Å². The maximum Gasteiger partial charge on any atom is 0.230 e. The summed E-state index contributed by atoms with van der Waals surface area (Å²) in [7, 11) is 2.44. The molecule has 0 saturated carbocycles. The minimum Gasteiger partial charge on any atom is -0.290 e. The quantitative estimate of drug-likeness (QED) is 0.0558. The number of unbranched alkanes of at least 4 members (excludes halogenated alkanes) is 22. The molecule has 36 heavy (non-hydrogen) atoms. The Morgan fingerprint density at radius 3 is 0.861 bits per heavy atom. The van der Waals surface area contributed by atoms with Crippen molar-refractivity contribution in [3.05, 3.63) is 0 Å². The summed E-state index contributed by atoms with van der Waals surface area (Å²) in [6.07, 6.45) is 32.4. The molecule has 4 nitrogen and oxygen atoms in total. The molecule has 0 radical (unpaired) electrons. The van der Waals surface area contributed by atoms with Crippen molar-refractivity contribution < 1.29 is 9.59 Å². The van der Waals surface area contributed by atoms with Gasteiger partial charge in [-0.2, -0.15) is 0 Å². The fourth-order valence-corrected chi connectivity index (χ4v) is 5.77. The molecule has 0 rings (SSSR count). The second kappa shape index (κ2) is 30.9. The first-order chi connectivity index (χ1) is 17.7. The Kier molecular flexibility index (Phi) is 30.6. The van der Waals surface area contributed by atoms with Gasteiger partial charge >= 0.3 is 0 Å². The Balaban J connectivity index is 3.27. The second-order valence-electron chi connectivity index (χ2n) is 10.5. The van der Waals surface area contributed by atoms with E-state index in [-0.39, 0.29) is 11.8 Å². The summed E-state index contributed by atoms with van der Waals surface area (Å²) >= 11 is 0. The minimum atomic E-state index is 0.0646. The van der Waals surface area contributed by atoms with Gasteiger partial charge in [-0.15, -0.1) is 0 Å². The molecule has 0 heterocycles. The number of rotatable bonds is 29. The van der Waals surface area contributed by atoms with Gasteiger partial charge in [-0.25, -0.2) is 0 Å². The summed E-state index contributed by atoms with van der Waals surface area (Å²) in [5, 5.41) is 0. The van der Waals surface area contributed by atoms with Crippen molar-refractivity contribution in [3.63, 3.8) is 0 Å². The monoisotopic (exact) mass is 544 g/mol. The van der Waals surface area contributed by atoms with Crippen LogP contribution in [0.1, 0.15) is 181 Å². The predicted molar refractivity (Wildman–Crippen MR) is 163 cm³/mol. The summed E-state index contributed by atoms with van der Waals surface area (Å²) < 4.78 is 5.64. The highest BCUT2D eigenvalue weighted by molar-refractivity contribution is 8.75. The van der Waals surface area contributed by atoms with Crippen LogP contribution in [0.3, 0.4) is 0 Å². The lowest BCUT2D eigenvalue weighted by Gasteiger charge is -2.06. The van der Waals surface area contributed by atoms with E-state index in [0.29, 0.717) is 12.8 Å². The highest BCUT2D eigenvalue weighted by Gasteiger charge is 2.04. The fraction of sp³-hybridized carbons (Fsp3) is 0.933. The molecule has 0 aromatic rings. The van der Waals surface area contributed by atoms with Crippen LogP contribution in [0, 0.1) is 0 Å². The first-order valence-corrected chi connectivity index (χ1v) is 17.8. The average Bonchev–Trinajstić information content (AvgIpc) is 2.88. The minimum absolute atomic E-state index is 0.0646. The van der Waals surface area contributed by atoms with Gasteiger partial charge in [0.1, 0.15) is 0 Å². The maximum atomic E-state index is 11.9. The third-order valence-electron chi connectivity index (χ3n) is 6.87. The zero-order chi connectivity index (χ0) is 26.4. The van der Waals surface area contributed by atoms with Gasteiger partial charge in [0.25, 0.3) is 0 Å². The van der Waals surface area contributed by atoms with Crippen molar-refractivity contribution in [2.75, 3.05) is 0 Å². The highest BCUT2D eigenvalue weighted by Crippen LogP contribution is 2.16. The van der Waals surface area contributed by atoms with Crippen LogP contribution in [0.5, 0.6) is 0 Å². The molecule has 0 bridgehead atoms. The van der Waals surface area contributed by atoms with Crippen molar-refractivity contribution >= 4 is 33.8 Å². The zero-order valence-corrected chi connectivity index (χ0v) is 25.7. The van der Waals surface area contributed by atoms with E-state index in [0.717, 1.165) is 25.7 Å². The van der Waals surface area contributed by atoms with Crippen LogP contribution in [0.25, 0.3) is 0 Å². The van der Waals surface area contributed by atoms with E-state index in [1.807, 2.05) is 0 Å². The predicted octanol–water partition coefficient (Wildman–Crippen LogP) is 10.6. The van der Waals surface area contributed by atoms with Gasteiger partial charge in [-0.05, 0) is 12.8 Å². The number of hydrogen-bond acceptors (Lipinski definition) is 4. The van der Waals surface area contributed by atoms with Crippen LogP contribution in [0.15, 0.2) is 0 Å². The molecule has 0 fully saturated rings. The van der Waals surface area contributed by atoms with Gasteiger partial charge in [-0.3, -0.25) is 19.0 Å². The molecule has 0 aromatic carbocycles. The van der Waals surface area contributed by atoms with E-state index >= 15 is 0 Å². The smallest absolute Gasteiger partial charge is 0.230 e. The topological polar surface area (TPSA) is 58.2 Å². The molecule has 0 aliphatic heterocycles. The Labute approximate surface area is 233 Å². The fourth-order valence-electron chi connectivity index (χ4n) is 4.49. The van der Waals surface area contributed by atoms with Gasteiger partial charge in [-0.1, -0.05) is 155 Å². The molecule has 214 valence electrons. The third-order valence-corrected chi connectivity index (χ3v) is 8.32. The Morgan fingerprint density at radius 2 is 0.611 bits per heavy atom. The molecule has 0 aliphatic rings. The van der Waals surface area contributed by atoms with Gasteiger partial charge in [0, 0.05) is 34.8 Å². The largest absolute Gasteiger partial charge is 0.290 e. The van der Waals surface area contributed by atoms with Crippen LogP contribution in [-0.2, 0) is 9.59 Å². The van der Waals surface area contributed by atoms with Crippen molar-refractivity contribution in [1.82, 2.24) is 9.44 Å². The maximum absolute atomic E-state index is 11.9. The highest BCUT2D eigenvalue weighted by atomic mass is 33.1. The molecule has 6 heteroatoms. The molecule has 0 saturated heterocycles. The SMILES string of the molecule is CCCCCCCCCCCCCCC(=O)NSSNC(=O)CCCCCCCCCCCCCC. The molecule has 2 amide bonds. The standard InChI is InChI=1S/C30H60N2O2S2/c1-3-5-7-9-11-13-15-17-19-21-23-25-27-29(33)31-35-36-32-30(34)28-26-24-22-20-18-16-14-12-10-8-6-4-2/h3-28H2,1-2H3,(H,31,33)(H,32,34). The van der Waals surface area contributed by atoms with Gasteiger partial charge in [0.2, 0.25) is 11.8 Å². The number of carbonyl (C=O) groups excluding carboxylic acids is 2. The number of amides is 2. The number of nitrogens with one attached hydrogen (secondary N) is 2. The second-order valence-corrected chi connectivity index (χ2v) is 12.2. The Morgan fingerprint density at radius 1 is 0.389 bits per heavy atom. The van der Waals surface area contributed by atoms with Crippen molar-refractivity contribution in [3.8, 4) is 0 Å². The first-order valence-electron chi connectivity index (χ1n) is 15.6.